The third kappa shape index (κ3) is 7.48. The number of rotatable bonds is 11. The van der Waals surface area contributed by atoms with E-state index < -0.39 is 31.9 Å². The summed E-state index contributed by atoms with van der Waals surface area (Å²) in [5, 5.41) is 1.39. The van der Waals surface area contributed by atoms with Gasteiger partial charge in [0.1, 0.15) is 22.3 Å². The molecule has 2 atom stereocenters. The quantitative estimate of drug-likeness (QED) is 0.216. The van der Waals surface area contributed by atoms with Crippen LogP contribution in [0.3, 0.4) is 0 Å². The van der Waals surface area contributed by atoms with Crippen molar-refractivity contribution in [3.8, 4) is 18.3 Å². The standard InChI is InChI=1S/C26H28N2O8S4/c1-4-18(14-26-28(17-40(32,33)34)22-16-20(36-6-3)8-10-24(22)38-26)13-25-27(11-12-39(29,30)31)21-15-19(35-5-2)7-9-23(21)37-25/h3,7-10,13-16,21,23H,4-5,11-12,17H2,1-2H3,(H-,29,30,31,32,33,34)/p+1. The number of hydrogen-bond donors (Lipinski definition) is 2. The molecule has 40 heavy (non-hydrogen) atoms. The molecular formula is C26H29N2O8S4+. The van der Waals surface area contributed by atoms with Crippen LogP contribution in [0.2, 0.25) is 0 Å². The van der Waals surface area contributed by atoms with E-state index in [2.05, 4.69) is 6.11 Å². The van der Waals surface area contributed by atoms with E-state index in [9.17, 15) is 25.9 Å². The van der Waals surface area contributed by atoms with Crippen molar-refractivity contribution in [3.63, 3.8) is 0 Å². The van der Waals surface area contributed by atoms with Crippen LogP contribution in [0.25, 0.3) is 16.3 Å². The highest BCUT2D eigenvalue weighted by atomic mass is 32.2. The van der Waals surface area contributed by atoms with Crippen LogP contribution in [0.1, 0.15) is 25.3 Å². The molecule has 10 nitrogen and oxygen atoms in total. The lowest BCUT2D eigenvalue weighted by molar-refractivity contribution is -0.649. The van der Waals surface area contributed by atoms with Crippen LogP contribution in [-0.4, -0.2) is 61.0 Å². The minimum atomic E-state index is -4.38. The summed E-state index contributed by atoms with van der Waals surface area (Å²) in [5.74, 6) is -0.0510. The number of aromatic nitrogens is 1. The van der Waals surface area contributed by atoms with Gasteiger partial charge in [-0.15, -0.1) is 0 Å². The normalized spacial score (nSPS) is 20.5. The molecule has 0 spiro atoms. The lowest BCUT2D eigenvalue weighted by atomic mass is 10.1. The fourth-order valence-corrected chi connectivity index (χ4v) is 7.99. The number of thiazole rings is 1. The van der Waals surface area contributed by atoms with Gasteiger partial charge in [-0.3, -0.25) is 9.11 Å². The summed E-state index contributed by atoms with van der Waals surface area (Å²) in [4.78, 5) is 1.93. The molecule has 214 valence electrons. The van der Waals surface area contributed by atoms with Crippen molar-refractivity contribution in [2.45, 2.75) is 37.4 Å². The Morgan fingerprint density at radius 2 is 2.00 bits per heavy atom. The fraction of sp³-hybridized carbons (Fsp3) is 0.346. The monoisotopic (exact) mass is 625 g/mol. The van der Waals surface area contributed by atoms with Gasteiger partial charge in [-0.1, -0.05) is 42.5 Å². The topological polar surface area (TPSA) is 134 Å². The Morgan fingerprint density at radius 3 is 2.65 bits per heavy atom. The van der Waals surface area contributed by atoms with Crippen molar-refractivity contribution < 1.29 is 40.0 Å². The lowest BCUT2D eigenvalue weighted by Crippen LogP contribution is -2.39. The number of allylic oxidation sites excluding steroid dienone is 3. The summed E-state index contributed by atoms with van der Waals surface area (Å²) in [6.07, 6.45) is 17.5. The number of fused-ring (bicyclic) bond motifs is 2. The molecule has 1 aromatic heterocycles. The SMILES string of the molecule is C#COc1ccc2sc(C=C(C=C3SC4C=CC(OCC)=CC4N3CCS(=O)(=O)O)CC)[n+](CS(=O)(=O)O)c2c1. The summed E-state index contributed by atoms with van der Waals surface area (Å²) in [5.41, 5.74) is 1.37. The number of ether oxygens (including phenoxy) is 2. The fourth-order valence-electron chi connectivity index (χ4n) is 4.38. The van der Waals surface area contributed by atoms with Crippen molar-refractivity contribution in [1.29, 1.82) is 0 Å². The molecule has 1 aliphatic heterocycles. The highest BCUT2D eigenvalue weighted by Gasteiger charge is 2.38. The van der Waals surface area contributed by atoms with E-state index in [1.807, 2.05) is 49.1 Å². The first-order valence-corrected chi connectivity index (χ1v) is 17.2. The zero-order valence-electron chi connectivity index (χ0n) is 21.8. The van der Waals surface area contributed by atoms with E-state index in [-0.39, 0.29) is 17.8 Å². The predicted molar refractivity (Wildman–Crippen MR) is 157 cm³/mol. The Labute approximate surface area is 242 Å². The first-order chi connectivity index (χ1) is 18.9. The molecule has 0 amide bonds. The van der Waals surface area contributed by atoms with Gasteiger partial charge < -0.3 is 14.4 Å². The number of hydrogen-bond acceptors (Lipinski definition) is 9. The van der Waals surface area contributed by atoms with Crippen molar-refractivity contribution in [2.24, 2.45) is 0 Å². The Kier molecular flexibility index (Phi) is 9.33. The molecule has 2 aliphatic rings. The first-order valence-electron chi connectivity index (χ1n) is 12.3. The Morgan fingerprint density at radius 1 is 1.23 bits per heavy atom. The molecule has 0 saturated carbocycles. The Bertz CT molecular complexity index is 1660. The molecule has 0 bridgehead atoms. The molecule has 2 N–H and O–H groups in total. The molecule has 2 aromatic rings. The van der Waals surface area contributed by atoms with Crippen LogP contribution >= 0.6 is 23.1 Å². The largest absolute Gasteiger partial charge is 0.494 e. The summed E-state index contributed by atoms with van der Waals surface area (Å²) in [6, 6.07) is 4.87. The maximum absolute atomic E-state index is 11.9. The van der Waals surface area contributed by atoms with Crippen molar-refractivity contribution in [1.82, 2.24) is 4.90 Å². The summed E-state index contributed by atoms with van der Waals surface area (Å²) < 4.78 is 79.1. The third-order valence-electron chi connectivity index (χ3n) is 6.12. The maximum atomic E-state index is 11.9. The van der Waals surface area contributed by atoms with E-state index in [1.54, 1.807) is 30.0 Å². The molecular weight excluding hydrogens is 597 g/mol. The van der Waals surface area contributed by atoms with Crippen LogP contribution in [0.15, 0.2) is 58.9 Å². The van der Waals surface area contributed by atoms with Crippen LogP contribution in [-0.2, 0) is 30.8 Å². The van der Waals surface area contributed by atoms with Crippen LogP contribution < -0.4 is 9.30 Å². The molecule has 4 rings (SSSR count). The van der Waals surface area contributed by atoms with E-state index in [1.165, 1.54) is 15.9 Å². The number of benzene rings is 1. The maximum Gasteiger partial charge on any atom is 0.326 e. The second-order valence-electron chi connectivity index (χ2n) is 8.90. The smallest absolute Gasteiger partial charge is 0.326 e. The Hall–Kier alpha value is -2.80. The number of thioether (sulfide) groups is 1. The van der Waals surface area contributed by atoms with E-state index >= 15 is 0 Å². The van der Waals surface area contributed by atoms with Gasteiger partial charge in [0.05, 0.1) is 34.7 Å². The van der Waals surface area contributed by atoms with E-state index in [0.717, 1.165) is 15.3 Å². The third-order valence-corrected chi connectivity index (χ3v) is 9.82. The van der Waals surface area contributed by atoms with Gasteiger partial charge in [0.25, 0.3) is 21.0 Å². The highest BCUT2D eigenvalue weighted by molar-refractivity contribution is 8.04. The first kappa shape index (κ1) is 30.2. The van der Waals surface area contributed by atoms with Crippen LogP contribution in [0.5, 0.6) is 5.75 Å². The zero-order valence-corrected chi connectivity index (χ0v) is 25.0. The van der Waals surface area contributed by atoms with E-state index in [0.29, 0.717) is 35.1 Å². The molecule has 2 heterocycles. The molecule has 1 aliphatic carbocycles. The zero-order chi connectivity index (χ0) is 29.1. The second kappa shape index (κ2) is 12.4. The van der Waals surface area contributed by atoms with Gasteiger partial charge in [-0.25, -0.2) is 0 Å². The van der Waals surface area contributed by atoms with E-state index in [4.69, 9.17) is 15.9 Å². The molecule has 1 saturated heterocycles. The second-order valence-corrected chi connectivity index (χ2v) is 14.2. The predicted octanol–water partition coefficient (Wildman–Crippen LogP) is 3.80. The number of nitrogens with zero attached hydrogens (tertiary/aromatic N) is 2. The minimum absolute atomic E-state index is 0.0123. The van der Waals surface area contributed by atoms with Crippen LogP contribution in [0, 0.1) is 12.5 Å². The lowest BCUT2D eigenvalue weighted by Gasteiger charge is -2.28. The average molecular weight is 626 g/mol. The summed E-state index contributed by atoms with van der Waals surface area (Å²) in [6.45, 7) is 4.40. The minimum Gasteiger partial charge on any atom is -0.494 e. The van der Waals surface area contributed by atoms with Gasteiger partial charge in [0, 0.05) is 12.6 Å². The Balaban J connectivity index is 1.77. The molecule has 1 fully saturated rings. The molecule has 14 heteroatoms. The van der Waals surface area contributed by atoms with Crippen molar-refractivity contribution in [3.05, 3.63) is 63.9 Å². The summed E-state index contributed by atoms with van der Waals surface area (Å²) in [7, 11) is -8.57. The van der Waals surface area contributed by atoms with Gasteiger partial charge >= 0.3 is 10.1 Å². The molecule has 1 aromatic carbocycles. The van der Waals surface area contributed by atoms with Gasteiger partial charge in [0.2, 0.25) is 5.52 Å². The van der Waals surface area contributed by atoms with Crippen LogP contribution in [0.4, 0.5) is 0 Å². The average Bonchev–Trinajstić information content (AvgIpc) is 3.38. The van der Waals surface area contributed by atoms with Gasteiger partial charge in [0.15, 0.2) is 0 Å². The summed E-state index contributed by atoms with van der Waals surface area (Å²) >= 11 is 2.90. The molecule has 2 unspecified atom stereocenters. The molecule has 0 radical (unpaired) electrons. The number of terminal acetylenes is 1. The van der Waals surface area contributed by atoms with Crippen molar-refractivity contribution >= 4 is 59.6 Å². The highest BCUT2D eigenvalue weighted by Crippen LogP contribution is 2.43. The van der Waals surface area contributed by atoms with Gasteiger partial charge in [-0.05, 0) is 49.3 Å². The van der Waals surface area contributed by atoms with Gasteiger partial charge in [-0.2, -0.15) is 21.4 Å². The van der Waals surface area contributed by atoms with Crippen molar-refractivity contribution in [2.75, 3.05) is 18.9 Å².